The van der Waals surface area contributed by atoms with E-state index in [1.165, 1.54) is 0 Å². The number of aliphatic hydroxyl groups is 2. The van der Waals surface area contributed by atoms with Crippen LogP contribution in [0.4, 0.5) is 0 Å². The van der Waals surface area contributed by atoms with Crippen LogP contribution in [0.15, 0.2) is 29.5 Å². The normalized spacial score (nSPS) is 13.5. The van der Waals surface area contributed by atoms with Crippen molar-refractivity contribution >= 4 is 10.9 Å². The Morgan fingerprint density at radius 1 is 1.47 bits per heavy atom. The number of nitrogens with zero attached hydrogens (tertiary/aromatic N) is 4. The maximum Gasteiger partial charge on any atom is 0.107 e. The van der Waals surface area contributed by atoms with Gasteiger partial charge in [-0.05, 0) is 23.7 Å². The Hall–Kier alpha value is -2.52. The SMILES string of the molecule is N#Cc1ccc2[nH]cc(C(O)C(O)CN=[N+]=[N-])c2c1. The van der Waals surface area contributed by atoms with Crippen LogP contribution in [-0.4, -0.2) is 27.8 Å². The average Bonchev–Trinajstić information content (AvgIpc) is 2.86. The van der Waals surface area contributed by atoms with Gasteiger partial charge in [0.25, 0.3) is 0 Å². The molecule has 96 valence electrons. The number of azide groups is 1. The van der Waals surface area contributed by atoms with Crippen LogP contribution in [0, 0.1) is 11.3 Å². The third-order valence-corrected chi connectivity index (χ3v) is 2.86. The van der Waals surface area contributed by atoms with Gasteiger partial charge in [-0.1, -0.05) is 5.11 Å². The smallest absolute Gasteiger partial charge is 0.107 e. The predicted molar refractivity (Wildman–Crippen MR) is 68.0 cm³/mol. The molecular formula is C12H11N5O2. The first-order valence-electron chi connectivity index (χ1n) is 5.55. The minimum Gasteiger partial charge on any atom is -0.390 e. The van der Waals surface area contributed by atoms with Crippen LogP contribution >= 0.6 is 0 Å². The minimum atomic E-state index is -1.19. The Bertz CT molecular complexity index is 681. The summed E-state index contributed by atoms with van der Waals surface area (Å²) in [6, 6.07) is 7.03. The molecule has 1 aromatic carbocycles. The first-order valence-corrected chi connectivity index (χ1v) is 5.55. The minimum absolute atomic E-state index is 0.220. The van der Waals surface area contributed by atoms with Crippen molar-refractivity contribution in [3.63, 3.8) is 0 Å². The third-order valence-electron chi connectivity index (χ3n) is 2.86. The zero-order chi connectivity index (χ0) is 13.8. The number of benzene rings is 1. The molecule has 0 amide bonds. The molecule has 0 saturated heterocycles. The van der Waals surface area contributed by atoms with E-state index >= 15 is 0 Å². The lowest BCUT2D eigenvalue weighted by Crippen LogP contribution is -2.20. The lowest BCUT2D eigenvalue weighted by atomic mass is 10.0. The van der Waals surface area contributed by atoms with Crippen molar-refractivity contribution in [1.82, 2.24) is 4.98 Å². The number of aliphatic hydroxyl groups excluding tert-OH is 2. The van der Waals surface area contributed by atoms with Crippen LogP contribution in [0.1, 0.15) is 17.2 Å². The summed E-state index contributed by atoms with van der Waals surface area (Å²) in [5.41, 5.74) is 9.87. The van der Waals surface area contributed by atoms with Crippen LogP contribution in [-0.2, 0) is 0 Å². The van der Waals surface area contributed by atoms with E-state index in [0.29, 0.717) is 16.5 Å². The highest BCUT2D eigenvalue weighted by Gasteiger charge is 2.21. The largest absolute Gasteiger partial charge is 0.390 e. The second kappa shape index (κ2) is 5.42. The van der Waals surface area contributed by atoms with E-state index in [2.05, 4.69) is 15.0 Å². The number of nitriles is 1. The number of aromatic amines is 1. The Morgan fingerprint density at radius 3 is 2.95 bits per heavy atom. The van der Waals surface area contributed by atoms with Crippen LogP contribution < -0.4 is 0 Å². The number of aromatic nitrogens is 1. The zero-order valence-electron chi connectivity index (χ0n) is 9.85. The molecule has 1 aromatic heterocycles. The number of rotatable bonds is 4. The van der Waals surface area contributed by atoms with E-state index in [9.17, 15) is 10.2 Å². The fraction of sp³-hybridized carbons (Fsp3) is 0.250. The molecule has 0 bridgehead atoms. The summed E-state index contributed by atoms with van der Waals surface area (Å²) in [6.07, 6.45) is -0.815. The van der Waals surface area contributed by atoms with Crippen molar-refractivity contribution in [2.75, 3.05) is 6.54 Å². The van der Waals surface area contributed by atoms with E-state index in [1.807, 2.05) is 6.07 Å². The lowest BCUT2D eigenvalue weighted by molar-refractivity contribution is 0.0253. The van der Waals surface area contributed by atoms with Crippen molar-refractivity contribution in [1.29, 1.82) is 5.26 Å². The van der Waals surface area contributed by atoms with Gasteiger partial charge in [0, 0.05) is 27.6 Å². The van der Waals surface area contributed by atoms with Crippen molar-refractivity contribution in [2.45, 2.75) is 12.2 Å². The third kappa shape index (κ3) is 2.51. The molecule has 0 aliphatic carbocycles. The summed E-state index contributed by atoms with van der Waals surface area (Å²) in [5, 5.41) is 32.5. The molecule has 0 radical (unpaired) electrons. The second-order valence-corrected chi connectivity index (χ2v) is 4.04. The van der Waals surface area contributed by atoms with Gasteiger partial charge in [-0.15, -0.1) is 0 Å². The monoisotopic (exact) mass is 257 g/mol. The number of nitrogens with one attached hydrogen (secondary N) is 1. The molecule has 1 heterocycles. The van der Waals surface area contributed by atoms with Gasteiger partial charge in [0.15, 0.2) is 0 Å². The average molecular weight is 257 g/mol. The molecule has 7 nitrogen and oxygen atoms in total. The fourth-order valence-electron chi connectivity index (χ4n) is 1.88. The first-order chi connectivity index (χ1) is 9.17. The number of fused-ring (bicyclic) bond motifs is 1. The second-order valence-electron chi connectivity index (χ2n) is 4.04. The summed E-state index contributed by atoms with van der Waals surface area (Å²) in [5.74, 6) is 0. The molecule has 2 aromatic rings. The van der Waals surface area contributed by atoms with Crippen LogP contribution in [0.5, 0.6) is 0 Å². The van der Waals surface area contributed by atoms with Crippen LogP contribution in [0.2, 0.25) is 0 Å². The Morgan fingerprint density at radius 2 is 2.26 bits per heavy atom. The summed E-state index contributed by atoms with van der Waals surface area (Å²) in [4.78, 5) is 5.48. The standard InChI is InChI=1S/C12H11N5O2/c13-4-7-1-2-10-8(3-7)9(5-15-10)12(19)11(18)6-16-17-14/h1-3,5,11-12,15,18-19H,6H2. The number of hydrogen-bond donors (Lipinski definition) is 3. The highest BCUT2D eigenvalue weighted by Crippen LogP contribution is 2.27. The maximum atomic E-state index is 10.0. The van der Waals surface area contributed by atoms with Gasteiger partial charge in [-0.3, -0.25) is 0 Å². The molecule has 7 heteroatoms. The van der Waals surface area contributed by atoms with E-state index in [4.69, 9.17) is 10.8 Å². The summed E-state index contributed by atoms with van der Waals surface area (Å²) in [7, 11) is 0. The summed E-state index contributed by atoms with van der Waals surface area (Å²) < 4.78 is 0. The molecule has 3 N–H and O–H groups in total. The van der Waals surface area contributed by atoms with Crippen molar-refractivity contribution in [2.24, 2.45) is 5.11 Å². The number of hydrogen-bond acceptors (Lipinski definition) is 4. The number of H-pyrrole nitrogens is 1. The Labute approximate surface area is 108 Å². The van der Waals surface area contributed by atoms with Gasteiger partial charge in [0.05, 0.1) is 24.3 Å². The van der Waals surface area contributed by atoms with Crippen molar-refractivity contribution < 1.29 is 10.2 Å². The maximum absolute atomic E-state index is 10.0. The molecule has 0 fully saturated rings. The molecule has 0 spiro atoms. The topological polar surface area (TPSA) is 129 Å². The lowest BCUT2D eigenvalue weighted by Gasteiger charge is -2.15. The summed E-state index contributed by atoms with van der Waals surface area (Å²) in [6.45, 7) is -0.220. The molecule has 2 atom stereocenters. The first kappa shape index (κ1) is 12.9. The predicted octanol–water partition coefficient (Wildman–Crippen LogP) is 1.74. The zero-order valence-corrected chi connectivity index (χ0v) is 9.85. The molecule has 19 heavy (non-hydrogen) atoms. The molecule has 0 aliphatic heterocycles. The Balaban J connectivity index is 2.39. The molecule has 0 aliphatic rings. The van der Waals surface area contributed by atoms with Gasteiger partial charge in [-0.25, -0.2) is 0 Å². The van der Waals surface area contributed by atoms with Gasteiger partial charge < -0.3 is 15.2 Å². The molecule has 2 rings (SSSR count). The van der Waals surface area contributed by atoms with Gasteiger partial charge >= 0.3 is 0 Å². The Kier molecular flexibility index (Phi) is 3.68. The van der Waals surface area contributed by atoms with Crippen molar-refractivity contribution in [3.05, 3.63) is 46.0 Å². The van der Waals surface area contributed by atoms with Gasteiger partial charge in [0.2, 0.25) is 0 Å². The van der Waals surface area contributed by atoms with E-state index in [0.717, 1.165) is 5.52 Å². The van der Waals surface area contributed by atoms with E-state index < -0.39 is 12.2 Å². The molecule has 0 saturated carbocycles. The quantitative estimate of drug-likeness (QED) is 0.438. The highest BCUT2D eigenvalue weighted by atomic mass is 16.3. The van der Waals surface area contributed by atoms with Gasteiger partial charge in [-0.2, -0.15) is 5.26 Å². The van der Waals surface area contributed by atoms with Crippen LogP contribution in [0.3, 0.4) is 0 Å². The molecule has 2 unspecified atom stereocenters. The van der Waals surface area contributed by atoms with Gasteiger partial charge in [0.1, 0.15) is 6.10 Å². The molecular weight excluding hydrogens is 246 g/mol. The van der Waals surface area contributed by atoms with E-state index in [-0.39, 0.29) is 6.54 Å². The van der Waals surface area contributed by atoms with E-state index in [1.54, 1.807) is 24.4 Å². The summed E-state index contributed by atoms with van der Waals surface area (Å²) >= 11 is 0. The fourth-order valence-corrected chi connectivity index (χ4v) is 1.88. The van der Waals surface area contributed by atoms with Crippen molar-refractivity contribution in [3.8, 4) is 6.07 Å². The van der Waals surface area contributed by atoms with Crippen LogP contribution in [0.25, 0.3) is 21.3 Å². The highest BCUT2D eigenvalue weighted by molar-refractivity contribution is 5.84.